The van der Waals surface area contributed by atoms with Gasteiger partial charge in [0.05, 0.1) is 15.7 Å². The molecule has 0 spiro atoms. The number of pyridine rings is 2. The van der Waals surface area contributed by atoms with Crippen molar-refractivity contribution >= 4 is 55.4 Å². The highest BCUT2D eigenvalue weighted by atomic mass is 79.9. The van der Waals surface area contributed by atoms with Gasteiger partial charge in [-0.05, 0) is 59.5 Å². The minimum absolute atomic E-state index is 0.0648. The summed E-state index contributed by atoms with van der Waals surface area (Å²) in [6, 6.07) is 9.58. The molecule has 0 aliphatic carbocycles. The lowest BCUT2D eigenvalue weighted by atomic mass is 9.96. The minimum Gasteiger partial charge on any atom is -0.440 e. The Bertz CT molecular complexity index is 1340. The van der Waals surface area contributed by atoms with Crippen molar-refractivity contribution in [3.05, 3.63) is 61.8 Å². The number of piperidine rings is 1. The summed E-state index contributed by atoms with van der Waals surface area (Å²) >= 11 is 9.67. The van der Waals surface area contributed by atoms with Gasteiger partial charge in [0, 0.05) is 32.1 Å². The summed E-state index contributed by atoms with van der Waals surface area (Å²) in [6.07, 6.45) is 1.79. The van der Waals surface area contributed by atoms with Gasteiger partial charge in [-0.3, -0.25) is 4.79 Å². The molecule has 0 unspecified atom stereocenters. The number of aromatic nitrogens is 3. The molecule has 1 aliphatic heterocycles. The zero-order chi connectivity index (χ0) is 21.0. The molecule has 0 saturated carbocycles. The highest BCUT2D eigenvalue weighted by molar-refractivity contribution is 9.10. The van der Waals surface area contributed by atoms with E-state index in [1.807, 2.05) is 18.2 Å². The van der Waals surface area contributed by atoms with Crippen LogP contribution < -0.4 is 10.5 Å². The van der Waals surface area contributed by atoms with Crippen LogP contribution in [0.1, 0.15) is 30.2 Å². The van der Waals surface area contributed by atoms with Crippen molar-refractivity contribution in [2.45, 2.75) is 25.7 Å². The molecule has 1 saturated heterocycles. The number of hydrogen-bond donors (Lipinski definition) is 0. The van der Waals surface area contributed by atoms with Gasteiger partial charge in [0.2, 0.25) is 0 Å². The number of oxazole rings is 1. The number of anilines is 1. The van der Waals surface area contributed by atoms with Crippen LogP contribution in [0.2, 0.25) is 5.15 Å². The van der Waals surface area contributed by atoms with Crippen LogP contribution in [0, 0.1) is 6.92 Å². The summed E-state index contributed by atoms with van der Waals surface area (Å²) in [5.74, 6) is 1.06. The first kappa shape index (κ1) is 19.6. The highest BCUT2D eigenvalue weighted by Crippen LogP contribution is 2.35. The van der Waals surface area contributed by atoms with Gasteiger partial charge < -0.3 is 13.9 Å². The second-order valence-electron chi connectivity index (χ2n) is 7.84. The van der Waals surface area contributed by atoms with Crippen LogP contribution in [0.15, 0.2) is 44.0 Å². The van der Waals surface area contributed by atoms with Crippen LogP contribution in [0.25, 0.3) is 22.1 Å². The first-order chi connectivity index (χ1) is 14.4. The first-order valence-corrected chi connectivity index (χ1v) is 11.1. The number of benzene rings is 1. The molecule has 1 aliphatic rings. The van der Waals surface area contributed by atoms with E-state index in [-0.39, 0.29) is 11.5 Å². The Morgan fingerprint density at radius 3 is 2.70 bits per heavy atom. The van der Waals surface area contributed by atoms with E-state index in [1.165, 1.54) is 5.56 Å². The van der Waals surface area contributed by atoms with Gasteiger partial charge in [-0.1, -0.05) is 17.7 Å². The largest absolute Gasteiger partial charge is 0.440 e. The Labute approximate surface area is 186 Å². The molecular weight excluding hydrogens is 468 g/mol. The molecule has 30 heavy (non-hydrogen) atoms. The van der Waals surface area contributed by atoms with Crippen LogP contribution in [-0.2, 0) is 7.05 Å². The Morgan fingerprint density at radius 2 is 1.93 bits per heavy atom. The van der Waals surface area contributed by atoms with Crippen LogP contribution in [0.5, 0.6) is 0 Å². The monoisotopic (exact) mass is 486 g/mol. The first-order valence-electron chi connectivity index (χ1n) is 9.88. The van der Waals surface area contributed by atoms with Gasteiger partial charge in [0.25, 0.3) is 5.56 Å². The van der Waals surface area contributed by atoms with E-state index >= 15 is 0 Å². The van der Waals surface area contributed by atoms with Crippen LogP contribution in [0.3, 0.4) is 0 Å². The van der Waals surface area contributed by atoms with Gasteiger partial charge in [-0.2, -0.15) is 0 Å². The molecule has 0 N–H and O–H groups in total. The van der Waals surface area contributed by atoms with Crippen LogP contribution >= 0.6 is 27.5 Å². The molecule has 1 fully saturated rings. The van der Waals surface area contributed by atoms with Gasteiger partial charge in [0.1, 0.15) is 16.2 Å². The van der Waals surface area contributed by atoms with Crippen molar-refractivity contribution in [2.75, 3.05) is 18.0 Å². The van der Waals surface area contributed by atoms with Crippen LogP contribution in [0.4, 0.5) is 5.69 Å². The van der Waals surface area contributed by atoms with E-state index in [2.05, 4.69) is 38.8 Å². The van der Waals surface area contributed by atoms with E-state index in [1.54, 1.807) is 17.7 Å². The standard InChI is InChI=1S/C22H20BrClN4O2/c1-12-3-4-18-15(9-12)25-22(30-18)13-5-7-28(8-6-13)17-11-19(29)27(2)16-10-14(23)21(24)26-20(16)17/h3-4,9-11,13H,5-8H2,1-2H3. The summed E-state index contributed by atoms with van der Waals surface area (Å²) < 4.78 is 8.29. The Morgan fingerprint density at radius 1 is 1.17 bits per heavy atom. The second-order valence-corrected chi connectivity index (χ2v) is 9.05. The van der Waals surface area contributed by atoms with E-state index in [0.29, 0.717) is 9.63 Å². The molecule has 1 aromatic carbocycles. The molecule has 4 heterocycles. The van der Waals surface area contributed by atoms with Crippen molar-refractivity contribution in [1.29, 1.82) is 0 Å². The third kappa shape index (κ3) is 3.30. The molecular formula is C22H20BrClN4O2. The summed E-state index contributed by atoms with van der Waals surface area (Å²) in [5.41, 5.74) is 5.17. The third-order valence-corrected chi connectivity index (χ3v) is 6.97. The predicted molar refractivity (Wildman–Crippen MR) is 123 cm³/mol. The normalized spacial score (nSPS) is 15.4. The van der Waals surface area contributed by atoms with E-state index in [0.717, 1.165) is 59.6 Å². The number of fused-ring (bicyclic) bond motifs is 2. The lowest BCUT2D eigenvalue weighted by molar-refractivity contribution is 0.407. The summed E-state index contributed by atoms with van der Waals surface area (Å²) in [6.45, 7) is 3.64. The fourth-order valence-electron chi connectivity index (χ4n) is 4.14. The predicted octanol–water partition coefficient (Wildman–Crippen LogP) is 5.18. The maximum Gasteiger partial charge on any atom is 0.252 e. The quantitative estimate of drug-likeness (QED) is 0.364. The molecule has 3 aromatic heterocycles. The topological polar surface area (TPSA) is 64.2 Å². The minimum atomic E-state index is -0.0648. The van der Waals surface area contributed by atoms with Crippen molar-refractivity contribution in [3.8, 4) is 0 Å². The van der Waals surface area contributed by atoms with Crippen molar-refractivity contribution in [2.24, 2.45) is 7.05 Å². The maximum atomic E-state index is 12.5. The van der Waals surface area contributed by atoms with E-state index in [4.69, 9.17) is 21.0 Å². The van der Waals surface area contributed by atoms with Crippen LogP contribution in [-0.4, -0.2) is 27.6 Å². The van der Waals surface area contributed by atoms with Gasteiger partial charge in [-0.25, -0.2) is 9.97 Å². The average molecular weight is 488 g/mol. The Hall–Kier alpha value is -2.38. The zero-order valence-electron chi connectivity index (χ0n) is 16.7. The Balaban J connectivity index is 1.45. The number of rotatable bonds is 2. The maximum absolute atomic E-state index is 12.5. The van der Waals surface area contributed by atoms with Crippen molar-refractivity contribution in [1.82, 2.24) is 14.5 Å². The summed E-state index contributed by atoms with van der Waals surface area (Å²) in [7, 11) is 1.75. The van der Waals surface area contributed by atoms with Gasteiger partial charge in [-0.15, -0.1) is 0 Å². The zero-order valence-corrected chi connectivity index (χ0v) is 19.0. The Kier molecular flexibility index (Phi) is 4.82. The van der Waals surface area contributed by atoms with E-state index < -0.39 is 0 Å². The molecule has 0 atom stereocenters. The molecule has 6 nitrogen and oxygen atoms in total. The SMILES string of the molecule is Cc1ccc2oc(C3CCN(c4cc(=O)n(C)c5cc(Br)c(Cl)nc45)CC3)nc2c1. The van der Waals surface area contributed by atoms with Crippen molar-refractivity contribution < 1.29 is 4.42 Å². The fourth-order valence-corrected chi connectivity index (χ4v) is 4.58. The smallest absolute Gasteiger partial charge is 0.252 e. The van der Waals surface area contributed by atoms with Crippen molar-refractivity contribution in [3.63, 3.8) is 0 Å². The summed E-state index contributed by atoms with van der Waals surface area (Å²) in [4.78, 5) is 24.0. The van der Waals surface area contributed by atoms with Gasteiger partial charge >= 0.3 is 0 Å². The molecule has 0 radical (unpaired) electrons. The third-order valence-electron chi connectivity index (χ3n) is 5.85. The fraction of sp³-hybridized carbons (Fsp3) is 0.318. The number of aryl methyl sites for hydroxylation is 2. The molecule has 4 aromatic rings. The molecule has 5 rings (SSSR count). The number of nitrogens with zero attached hydrogens (tertiary/aromatic N) is 4. The molecule has 0 bridgehead atoms. The summed E-state index contributed by atoms with van der Waals surface area (Å²) in [5, 5.41) is 0.388. The lowest BCUT2D eigenvalue weighted by Gasteiger charge is -2.32. The second kappa shape index (κ2) is 7.39. The van der Waals surface area contributed by atoms with Gasteiger partial charge in [0.15, 0.2) is 11.5 Å². The van der Waals surface area contributed by atoms with E-state index in [9.17, 15) is 4.79 Å². The number of hydrogen-bond acceptors (Lipinski definition) is 5. The molecule has 8 heteroatoms. The molecule has 0 amide bonds. The average Bonchev–Trinajstić information content (AvgIpc) is 3.15. The lowest BCUT2D eigenvalue weighted by Crippen LogP contribution is -2.34. The molecule has 154 valence electrons. The number of halogens is 2. The highest BCUT2D eigenvalue weighted by Gasteiger charge is 2.26.